The zero-order chi connectivity index (χ0) is 18.7. The molecule has 1 aromatic carbocycles. The van der Waals surface area contributed by atoms with Gasteiger partial charge in [0.15, 0.2) is 11.5 Å². The molecule has 0 amide bonds. The van der Waals surface area contributed by atoms with Crippen molar-refractivity contribution in [2.75, 3.05) is 27.9 Å². The average molecular weight is 352 g/mol. The van der Waals surface area contributed by atoms with Gasteiger partial charge in [-0.3, -0.25) is 4.79 Å². The van der Waals surface area contributed by atoms with Gasteiger partial charge in [0.05, 0.1) is 33.9 Å². The summed E-state index contributed by atoms with van der Waals surface area (Å²) in [6, 6.07) is 3.63. The number of benzene rings is 1. The molecule has 1 rings (SSSR count). The van der Waals surface area contributed by atoms with Crippen molar-refractivity contribution in [3.8, 4) is 17.2 Å². The second-order valence-electron chi connectivity index (χ2n) is 6.02. The molecule has 0 aliphatic carbocycles. The Balaban J connectivity index is 2.84. The van der Waals surface area contributed by atoms with Gasteiger partial charge in [-0.05, 0) is 31.4 Å². The highest BCUT2D eigenvalue weighted by molar-refractivity contribution is 5.73. The normalized spacial score (nSPS) is 11.7. The Morgan fingerprint density at radius 3 is 2.20 bits per heavy atom. The van der Waals surface area contributed by atoms with E-state index >= 15 is 0 Å². The highest BCUT2D eigenvalue weighted by Gasteiger charge is 2.24. The molecule has 0 saturated carbocycles. The van der Waals surface area contributed by atoms with Crippen molar-refractivity contribution in [3.05, 3.63) is 17.7 Å². The van der Waals surface area contributed by atoms with E-state index in [4.69, 9.17) is 18.9 Å². The quantitative estimate of drug-likeness (QED) is 0.412. The third-order valence-corrected chi connectivity index (χ3v) is 4.34. The van der Waals surface area contributed by atoms with Crippen molar-refractivity contribution in [1.29, 1.82) is 0 Å². The standard InChI is InChI=1S/C20H32O5/c1-6-8-9-10-13-25-20(21)15(7-2)14-16-17(22-3)11-12-18(23-4)19(16)24-5/h11-12,15H,6-10,13-14H2,1-5H3. The highest BCUT2D eigenvalue weighted by Crippen LogP contribution is 2.39. The molecule has 5 heteroatoms. The maximum atomic E-state index is 12.4. The van der Waals surface area contributed by atoms with Gasteiger partial charge < -0.3 is 18.9 Å². The summed E-state index contributed by atoms with van der Waals surface area (Å²) in [7, 11) is 4.79. The van der Waals surface area contributed by atoms with Crippen LogP contribution in [-0.4, -0.2) is 33.9 Å². The highest BCUT2D eigenvalue weighted by atomic mass is 16.5. The molecule has 0 N–H and O–H groups in total. The van der Waals surface area contributed by atoms with Crippen LogP contribution in [-0.2, 0) is 16.0 Å². The van der Waals surface area contributed by atoms with Crippen LogP contribution in [0, 0.1) is 5.92 Å². The molecule has 0 fully saturated rings. The number of carbonyl (C=O) groups is 1. The Kier molecular flexibility index (Phi) is 9.81. The van der Waals surface area contributed by atoms with Crippen LogP contribution >= 0.6 is 0 Å². The van der Waals surface area contributed by atoms with Crippen LogP contribution in [0.3, 0.4) is 0 Å². The zero-order valence-electron chi connectivity index (χ0n) is 16.2. The molecule has 0 aliphatic heterocycles. The smallest absolute Gasteiger partial charge is 0.309 e. The fourth-order valence-corrected chi connectivity index (χ4v) is 2.82. The van der Waals surface area contributed by atoms with E-state index < -0.39 is 0 Å². The molecule has 1 unspecified atom stereocenters. The Bertz CT molecular complexity index is 527. The van der Waals surface area contributed by atoms with Crippen molar-refractivity contribution in [2.45, 2.75) is 52.4 Å². The first kappa shape index (κ1) is 21.1. The molecule has 0 bridgehead atoms. The van der Waals surface area contributed by atoms with E-state index in [9.17, 15) is 4.79 Å². The Morgan fingerprint density at radius 1 is 0.960 bits per heavy atom. The minimum atomic E-state index is -0.235. The lowest BCUT2D eigenvalue weighted by molar-refractivity contribution is -0.148. The maximum absolute atomic E-state index is 12.4. The number of hydrogen-bond donors (Lipinski definition) is 0. The van der Waals surface area contributed by atoms with Crippen LogP contribution in [0.4, 0.5) is 0 Å². The molecule has 0 heterocycles. The van der Waals surface area contributed by atoms with Crippen LogP contribution < -0.4 is 14.2 Å². The predicted octanol–water partition coefficient (Wildman–Crippen LogP) is 4.40. The van der Waals surface area contributed by atoms with Crippen molar-refractivity contribution in [3.63, 3.8) is 0 Å². The number of methoxy groups -OCH3 is 3. The summed E-state index contributed by atoms with van der Waals surface area (Å²) in [5, 5.41) is 0. The van der Waals surface area contributed by atoms with Crippen molar-refractivity contribution in [1.82, 2.24) is 0 Å². The number of rotatable bonds is 12. The van der Waals surface area contributed by atoms with Crippen LogP contribution in [0.15, 0.2) is 12.1 Å². The van der Waals surface area contributed by atoms with Gasteiger partial charge in [0.2, 0.25) is 0 Å². The first-order chi connectivity index (χ1) is 12.1. The molecule has 0 saturated heterocycles. The van der Waals surface area contributed by atoms with E-state index in [-0.39, 0.29) is 11.9 Å². The maximum Gasteiger partial charge on any atom is 0.309 e. The monoisotopic (exact) mass is 352 g/mol. The summed E-state index contributed by atoms with van der Waals surface area (Å²) in [6.07, 6.45) is 5.54. The molecule has 1 aromatic rings. The number of hydrogen-bond acceptors (Lipinski definition) is 5. The second kappa shape index (κ2) is 11.6. The average Bonchev–Trinajstić information content (AvgIpc) is 2.64. The molecular weight excluding hydrogens is 320 g/mol. The summed E-state index contributed by atoms with van der Waals surface area (Å²) in [5.41, 5.74) is 0.833. The largest absolute Gasteiger partial charge is 0.496 e. The zero-order valence-corrected chi connectivity index (χ0v) is 16.2. The summed E-state index contributed by atoms with van der Waals surface area (Å²) < 4.78 is 21.8. The lowest BCUT2D eigenvalue weighted by Gasteiger charge is -2.20. The molecule has 0 aromatic heterocycles. The second-order valence-corrected chi connectivity index (χ2v) is 6.02. The fraction of sp³-hybridized carbons (Fsp3) is 0.650. The van der Waals surface area contributed by atoms with E-state index in [1.807, 2.05) is 13.0 Å². The predicted molar refractivity (Wildman–Crippen MR) is 98.7 cm³/mol. The van der Waals surface area contributed by atoms with Gasteiger partial charge >= 0.3 is 5.97 Å². The first-order valence-corrected chi connectivity index (χ1v) is 9.07. The molecule has 0 aliphatic rings. The van der Waals surface area contributed by atoms with Crippen LogP contribution in [0.5, 0.6) is 17.2 Å². The SMILES string of the molecule is CCCCCCOC(=O)C(CC)Cc1c(OC)ccc(OC)c1OC. The van der Waals surface area contributed by atoms with Gasteiger partial charge in [0.1, 0.15) is 5.75 Å². The third kappa shape index (κ3) is 6.15. The lowest BCUT2D eigenvalue weighted by Crippen LogP contribution is -2.20. The number of ether oxygens (including phenoxy) is 4. The van der Waals surface area contributed by atoms with Crippen molar-refractivity contribution < 1.29 is 23.7 Å². The molecule has 1 atom stereocenters. The van der Waals surface area contributed by atoms with Crippen LogP contribution in [0.2, 0.25) is 0 Å². The molecular formula is C20H32O5. The summed E-state index contributed by atoms with van der Waals surface area (Å²) in [4.78, 5) is 12.4. The van der Waals surface area contributed by atoms with Crippen molar-refractivity contribution >= 4 is 5.97 Å². The molecule has 25 heavy (non-hydrogen) atoms. The lowest BCUT2D eigenvalue weighted by atomic mass is 9.95. The molecule has 0 spiro atoms. The van der Waals surface area contributed by atoms with Gasteiger partial charge in [-0.1, -0.05) is 33.1 Å². The number of unbranched alkanes of at least 4 members (excludes halogenated alkanes) is 3. The van der Waals surface area contributed by atoms with E-state index in [1.165, 1.54) is 12.8 Å². The van der Waals surface area contributed by atoms with Crippen LogP contribution in [0.1, 0.15) is 51.5 Å². The van der Waals surface area contributed by atoms with Gasteiger partial charge in [-0.2, -0.15) is 0 Å². The van der Waals surface area contributed by atoms with Gasteiger partial charge in [0, 0.05) is 5.56 Å². The Labute approximate surface area is 151 Å². The number of esters is 1. The van der Waals surface area contributed by atoms with Crippen molar-refractivity contribution in [2.24, 2.45) is 5.92 Å². The summed E-state index contributed by atoms with van der Waals surface area (Å²) >= 11 is 0. The van der Waals surface area contributed by atoms with Crippen LogP contribution in [0.25, 0.3) is 0 Å². The van der Waals surface area contributed by atoms with E-state index in [1.54, 1.807) is 27.4 Å². The summed E-state index contributed by atoms with van der Waals surface area (Å²) in [6.45, 7) is 4.64. The molecule has 142 valence electrons. The van der Waals surface area contributed by atoms with Gasteiger partial charge in [-0.25, -0.2) is 0 Å². The Morgan fingerprint density at radius 2 is 1.64 bits per heavy atom. The topological polar surface area (TPSA) is 54.0 Å². The third-order valence-electron chi connectivity index (χ3n) is 4.34. The van der Waals surface area contributed by atoms with Gasteiger partial charge in [-0.15, -0.1) is 0 Å². The molecule has 0 radical (unpaired) electrons. The number of carbonyl (C=O) groups excluding carboxylic acids is 1. The summed E-state index contributed by atoms with van der Waals surface area (Å²) in [5.74, 6) is 1.52. The van der Waals surface area contributed by atoms with E-state index in [2.05, 4.69) is 6.92 Å². The minimum Gasteiger partial charge on any atom is -0.496 e. The fourth-order valence-electron chi connectivity index (χ4n) is 2.82. The minimum absolute atomic E-state index is 0.161. The first-order valence-electron chi connectivity index (χ1n) is 9.07. The van der Waals surface area contributed by atoms with E-state index in [0.717, 1.165) is 18.4 Å². The molecule has 5 nitrogen and oxygen atoms in total. The van der Waals surface area contributed by atoms with E-state index in [0.29, 0.717) is 36.7 Å². The Hall–Kier alpha value is -1.91. The van der Waals surface area contributed by atoms with Gasteiger partial charge in [0.25, 0.3) is 0 Å².